The molecule has 0 spiro atoms. The third-order valence-electron chi connectivity index (χ3n) is 4.32. The van der Waals surface area contributed by atoms with E-state index in [4.69, 9.17) is 0 Å². The van der Waals surface area contributed by atoms with Crippen LogP contribution in [0, 0.1) is 0 Å². The zero-order chi connectivity index (χ0) is 13.4. The van der Waals surface area contributed by atoms with E-state index in [1.807, 2.05) is 0 Å². The second kappa shape index (κ2) is 4.97. The Hall–Kier alpha value is -1.35. The molecular formula is C16H22N2O. The number of fused-ring (bicyclic) bond motifs is 3. The quantitative estimate of drug-likeness (QED) is 0.902. The SMILES string of the molecule is CCCc1cc(CC)cc2c1C(=O)N1CCNCC21. The van der Waals surface area contributed by atoms with Crippen molar-refractivity contribution in [1.82, 2.24) is 10.2 Å². The number of carbonyl (C=O) groups excluding carboxylic acids is 1. The van der Waals surface area contributed by atoms with Crippen molar-refractivity contribution in [2.75, 3.05) is 19.6 Å². The summed E-state index contributed by atoms with van der Waals surface area (Å²) in [7, 11) is 0. The third kappa shape index (κ3) is 1.96. The lowest BCUT2D eigenvalue weighted by Crippen LogP contribution is -2.44. The minimum Gasteiger partial charge on any atom is -0.329 e. The van der Waals surface area contributed by atoms with E-state index in [2.05, 4.69) is 36.2 Å². The number of amides is 1. The van der Waals surface area contributed by atoms with Crippen LogP contribution in [0.3, 0.4) is 0 Å². The fourth-order valence-electron chi connectivity index (χ4n) is 3.36. The van der Waals surface area contributed by atoms with Gasteiger partial charge < -0.3 is 10.2 Å². The van der Waals surface area contributed by atoms with Gasteiger partial charge in [0.2, 0.25) is 0 Å². The van der Waals surface area contributed by atoms with Crippen molar-refractivity contribution in [2.45, 2.75) is 39.2 Å². The molecule has 2 aliphatic heterocycles. The lowest BCUT2D eigenvalue weighted by atomic mass is 9.93. The first-order chi connectivity index (χ1) is 9.26. The van der Waals surface area contributed by atoms with Crippen LogP contribution in [0.1, 0.15) is 53.4 Å². The molecule has 0 aliphatic carbocycles. The minimum absolute atomic E-state index is 0.257. The summed E-state index contributed by atoms with van der Waals surface area (Å²) >= 11 is 0. The summed E-state index contributed by atoms with van der Waals surface area (Å²) in [5.74, 6) is 0.257. The summed E-state index contributed by atoms with van der Waals surface area (Å²) in [4.78, 5) is 14.7. The van der Waals surface area contributed by atoms with E-state index in [1.165, 1.54) is 16.7 Å². The highest BCUT2D eigenvalue weighted by molar-refractivity contribution is 6.01. The molecule has 102 valence electrons. The van der Waals surface area contributed by atoms with E-state index in [9.17, 15) is 4.79 Å². The number of nitrogens with one attached hydrogen (secondary N) is 1. The summed E-state index contributed by atoms with van der Waals surface area (Å²) in [6.07, 6.45) is 3.14. The van der Waals surface area contributed by atoms with E-state index < -0.39 is 0 Å². The fourth-order valence-corrected chi connectivity index (χ4v) is 3.36. The van der Waals surface area contributed by atoms with Crippen LogP contribution < -0.4 is 5.32 Å². The number of hydrogen-bond donors (Lipinski definition) is 1. The van der Waals surface area contributed by atoms with Gasteiger partial charge in [0.15, 0.2) is 0 Å². The largest absolute Gasteiger partial charge is 0.329 e. The maximum absolute atomic E-state index is 12.6. The van der Waals surface area contributed by atoms with Gasteiger partial charge in [-0.1, -0.05) is 32.4 Å². The van der Waals surface area contributed by atoms with Gasteiger partial charge in [0, 0.05) is 25.2 Å². The Morgan fingerprint density at radius 2 is 2.21 bits per heavy atom. The van der Waals surface area contributed by atoms with E-state index in [0.717, 1.165) is 44.5 Å². The van der Waals surface area contributed by atoms with Gasteiger partial charge >= 0.3 is 0 Å². The van der Waals surface area contributed by atoms with Crippen molar-refractivity contribution >= 4 is 5.91 Å². The smallest absolute Gasteiger partial charge is 0.255 e. The van der Waals surface area contributed by atoms with Gasteiger partial charge in [-0.05, 0) is 29.5 Å². The van der Waals surface area contributed by atoms with Gasteiger partial charge in [-0.2, -0.15) is 0 Å². The van der Waals surface area contributed by atoms with E-state index in [1.54, 1.807) is 0 Å². The third-order valence-corrected chi connectivity index (χ3v) is 4.32. The van der Waals surface area contributed by atoms with Crippen molar-refractivity contribution in [1.29, 1.82) is 0 Å². The summed E-state index contributed by atoms with van der Waals surface area (Å²) in [6.45, 7) is 7.02. The number of piperazine rings is 1. The Morgan fingerprint density at radius 3 is 2.95 bits per heavy atom. The molecule has 1 aromatic rings. The monoisotopic (exact) mass is 258 g/mol. The summed E-state index contributed by atoms with van der Waals surface area (Å²) in [6, 6.07) is 4.76. The summed E-state index contributed by atoms with van der Waals surface area (Å²) in [5, 5.41) is 3.41. The number of hydrogen-bond acceptors (Lipinski definition) is 2. The Morgan fingerprint density at radius 1 is 1.37 bits per heavy atom. The molecule has 3 heteroatoms. The summed E-state index contributed by atoms with van der Waals surface area (Å²) < 4.78 is 0. The lowest BCUT2D eigenvalue weighted by Gasteiger charge is -2.30. The van der Waals surface area contributed by atoms with Crippen LogP contribution in [0.5, 0.6) is 0 Å². The first kappa shape index (κ1) is 12.7. The predicted molar refractivity (Wildman–Crippen MR) is 76.5 cm³/mol. The highest BCUT2D eigenvalue weighted by atomic mass is 16.2. The second-order valence-corrected chi connectivity index (χ2v) is 5.54. The molecule has 1 aromatic carbocycles. The Labute approximate surface area is 115 Å². The molecule has 1 atom stereocenters. The zero-order valence-electron chi connectivity index (χ0n) is 11.8. The van der Waals surface area contributed by atoms with Crippen molar-refractivity contribution in [3.8, 4) is 0 Å². The van der Waals surface area contributed by atoms with Gasteiger partial charge in [-0.25, -0.2) is 0 Å². The van der Waals surface area contributed by atoms with Crippen LogP contribution in [-0.4, -0.2) is 30.4 Å². The number of nitrogens with zero attached hydrogens (tertiary/aromatic N) is 1. The van der Waals surface area contributed by atoms with Crippen molar-refractivity contribution < 1.29 is 4.79 Å². The maximum atomic E-state index is 12.6. The molecule has 2 heterocycles. The van der Waals surface area contributed by atoms with E-state index in [0.29, 0.717) is 0 Å². The van der Waals surface area contributed by atoms with Crippen LogP contribution in [-0.2, 0) is 12.8 Å². The molecule has 19 heavy (non-hydrogen) atoms. The molecule has 0 radical (unpaired) electrons. The van der Waals surface area contributed by atoms with E-state index >= 15 is 0 Å². The fraction of sp³-hybridized carbons (Fsp3) is 0.562. The molecule has 1 unspecified atom stereocenters. The van der Waals surface area contributed by atoms with Crippen LogP contribution in [0.15, 0.2) is 12.1 Å². The highest BCUT2D eigenvalue weighted by Gasteiger charge is 2.39. The van der Waals surface area contributed by atoms with Crippen molar-refractivity contribution in [3.05, 3.63) is 34.4 Å². The maximum Gasteiger partial charge on any atom is 0.255 e. The standard InChI is InChI=1S/C16H22N2O/c1-3-5-12-8-11(4-2)9-13-14-10-17-6-7-18(14)16(19)15(12)13/h8-9,14,17H,3-7,10H2,1-2H3. The molecule has 1 amide bonds. The van der Waals surface area contributed by atoms with Crippen LogP contribution in [0.4, 0.5) is 0 Å². The van der Waals surface area contributed by atoms with Gasteiger partial charge in [0.05, 0.1) is 6.04 Å². The average Bonchev–Trinajstić information content (AvgIpc) is 2.73. The summed E-state index contributed by atoms with van der Waals surface area (Å²) in [5.41, 5.74) is 4.89. The second-order valence-electron chi connectivity index (χ2n) is 5.54. The Balaban J connectivity index is 2.11. The average molecular weight is 258 g/mol. The zero-order valence-corrected chi connectivity index (χ0v) is 11.8. The predicted octanol–water partition coefficient (Wildman–Crippen LogP) is 2.30. The molecule has 3 nitrogen and oxygen atoms in total. The molecule has 1 saturated heterocycles. The van der Waals surface area contributed by atoms with Crippen LogP contribution in [0.25, 0.3) is 0 Å². The van der Waals surface area contributed by atoms with Gasteiger partial charge in [0.25, 0.3) is 5.91 Å². The topological polar surface area (TPSA) is 32.3 Å². The molecule has 1 fully saturated rings. The highest BCUT2D eigenvalue weighted by Crippen LogP contribution is 2.37. The van der Waals surface area contributed by atoms with E-state index in [-0.39, 0.29) is 11.9 Å². The molecule has 0 aromatic heterocycles. The van der Waals surface area contributed by atoms with Crippen molar-refractivity contribution in [2.24, 2.45) is 0 Å². The molecular weight excluding hydrogens is 236 g/mol. The Kier molecular flexibility index (Phi) is 3.31. The first-order valence-electron chi connectivity index (χ1n) is 7.43. The van der Waals surface area contributed by atoms with Crippen molar-refractivity contribution in [3.63, 3.8) is 0 Å². The minimum atomic E-state index is 0.257. The lowest BCUT2D eigenvalue weighted by molar-refractivity contribution is 0.0690. The van der Waals surface area contributed by atoms with Gasteiger partial charge in [0.1, 0.15) is 0 Å². The number of aryl methyl sites for hydroxylation is 2. The molecule has 0 bridgehead atoms. The van der Waals surface area contributed by atoms with Gasteiger partial charge in [-0.15, -0.1) is 0 Å². The molecule has 0 saturated carbocycles. The number of carbonyl (C=O) groups is 1. The Bertz CT molecular complexity index is 510. The van der Waals surface area contributed by atoms with Crippen LogP contribution >= 0.6 is 0 Å². The number of rotatable bonds is 3. The molecule has 1 N–H and O–H groups in total. The number of benzene rings is 1. The molecule has 3 rings (SSSR count). The molecule has 2 aliphatic rings. The normalized spacial score (nSPS) is 21.5. The first-order valence-corrected chi connectivity index (χ1v) is 7.43. The van der Waals surface area contributed by atoms with Gasteiger partial charge in [-0.3, -0.25) is 4.79 Å². The van der Waals surface area contributed by atoms with Crippen LogP contribution in [0.2, 0.25) is 0 Å².